The van der Waals surface area contributed by atoms with Gasteiger partial charge in [0.2, 0.25) is 5.91 Å². The zero-order valence-electron chi connectivity index (χ0n) is 16.3. The number of aliphatic hydroxyl groups is 1. The molecule has 0 aromatic heterocycles. The highest BCUT2D eigenvalue weighted by atomic mass is 79.9. The third kappa shape index (κ3) is 3.60. The fraction of sp³-hybridized carbons (Fsp3) is 0.318. The minimum absolute atomic E-state index is 0.0861. The van der Waals surface area contributed by atoms with E-state index in [0.717, 1.165) is 15.7 Å². The number of rotatable bonds is 4. The van der Waals surface area contributed by atoms with E-state index in [4.69, 9.17) is 0 Å². The molecule has 2 aromatic rings. The number of halogens is 1. The molecule has 6 nitrogen and oxygen atoms in total. The summed E-state index contributed by atoms with van der Waals surface area (Å²) in [4.78, 5) is 26.9. The van der Waals surface area contributed by atoms with E-state index in [1.807, 2.05) is 38.1 Å². The summed E-state index contributed by atoms with van der Waals surface area (Å²) in [7, 11) is 0. The molecule has 2 heterocycles. The molecule has 2 amide bonds. The average Bonchev–Trinajstić information content (AvgIpc) is 2.94. The average molecular weight is 456 g/mol. The van der Waals surface area contributed by atoms with Crippen molar-refractivity contribution >= 4 is 33.5 Å². The van der Waals surface area contributed by atoms with E-state index in [2.05, 4.69) is 21.0 Å². The molecule has 2 aliphatic heterocycles. The minimum atomic E-state index is -0.999. The molecule has 150 valence electrons. The van der Waals surface area contributed by atoms with Crippen LogP contribution in [0.15, 0.2) is 58.1 Å². The van der Waals surface area contributed by atoms with Gasteiger partial charge in [-0.15, -0.1) is 0 Å². The summed E-state index contributed by atoms with van der Waals surface area (Å²) in [5.74, 6) is -0.314. The summed E-state index contributed by atoms with van der Waals surface area (Å²) in [5, 5.41) is 16.5. The molecule has 7 heteroatoms. The fourth-order valence-corrected chi connectivity index (χ4v) is 4.06. The predicted molar refractivity (Wildman–Crippen MR) is 113 cm³/mol. The zero-order chi connectivity index (χ0) is 20.8. The molecule has 1 N–H and O–H groups in total. The highest BCUT2D eigenvalue weighted by Gasteiger charge is 2.40. The second kappa shape index (κ2) is 7.39. The molecule has 2 aliphatic rings. The number of hydrogen-bond donors (Lipinski definition) is 1. The van der Waals surface area contributed by atoms with E-state index in [1.54, 1.807) is 24.3 Å². The molecule has 0 bridgehead atoms. The van der Waals surface area contributed by atoms with Crippen molar-refractivity contribution in [2.24, 2.45) is 10.5 Å². The summed E-state index contributed by atoms with van der Waals surface area (Å²) < 4.78 is 0.978. The SMILES string of the molecule is CC1(C)CC(c2ccc(Br)cc2)=NN(CCN2C(=O)c3ccccc3C2O)C1=O. The van der Waals surface area contributed by atoms with Crippen molar-refractivity contribution in [1.29, 1.82) is 0 Å². The fourth-order valence-electron chi connectivity index (χ4n) is 3.80. The van der Waals surface area contributed by atoms with E-state index in [0.29, 0.717) is 17.5 Å². The highest BCUT2D eigenvalue weighted by molar-refractivity contribution is 9.10. The van der Waals surface area contributed by atoms with Crippen LogP contribution in [0, 0.1) is 5.41 Å². The Kier molecular flexibility index (Phi) is 5.04. The third-order valence-corrected chi connectivity index (χ3v) is 5.95. The Bertz CT molecular complexity index is 1000. The molecule has 0 fully saturated rings. The molecule has 2 aromatic carbocycles. The monoisotopic (exact) mass is 455 g/mol. The van der Waals surface area contributed by atoms with Gasteiger partial charge in [0.05, 0.1) is 17.7 Å². The van der Waals surface area contributed by atoms with Gasteiger partial charge < -0.3 is 10.0 Å². The largest absolute Gasteiger partial charge is 0.369 e. The van der Waals surface area contributed by atoms with Crippen molar-refractivity contribution in [3.63, 3.8) is 0 Å². The van der Waals surface area contributed by atoms with Crippen molar-refractivity contribution in [3.8, 4) is 0 Å². The van der Waals surface area contributed by atoms with Crippen LogP contribution in [0.3, 0.4) is 0 Å². The first-order valence-corrected chi connectivity index (χ1v) is 10.3. The minimum Gasteiger partial charge on any atom is -0.369 e. The number of hydrogen-bond acceptors (Lipinski definition) is 4. The summed E-state index contributed by atoms with van der Waals surface area (Å²) in [6, 6.07) is 14.9. The van der Waals surface area contributed by atoms with Gasteiger partial charge in [-0.25, -0.2) is 5.01 Å². The second-order valence-electron chi connectivity index (χ2n) is 8.00. The van der Waals surface area contributed by atoms with Gasteiger partial charge in [0, 0.05) is 28.6 Å². The van der Waals surface area contributed by atoms with E-state index in [-0.39, 0.29) is 24.9 Å². The maximum absolute atomic E-state index is 12.9. The van der Waals surface area contributed by atoms with Gasteiger partial charge in [-0.1, -0.05) is 60.1 Å². The first-order chi connectivity index (χ1) is 13.8. The first-order valence-electron chi connectivity index (χ1n) is 9.51. The first kappa shape index (κ1) is 19.8. The Morgan fingerprint density at radius 1 is 1.10 bits per heavy atom. The van der Waals surface area contributed by atoms with Crippen molar-refractivity contribution in [2.45, 2.75) is 26.5 Å². The predicted octanol–water partition coefficient (Wildman–Crippen LogP) is 3.56. The number of nitrogens with zero attached hydrogens (tertiary/aromatic N) is 3. The van der Waals surface area contributed by atoms with Crippen molar-refractivity contribution in [2.75, 3.05) is 13.1 Å². The van der Waals surface area contributed by atoms with E-state index < -0.39 is 11.6 Å². The molecule has 0 radical (unpaired) electrons. The lowest BCUT2D eigenvalue weighted by Gasteiger charge is -2.35. The molecule has 4 rings (SSSR count). The van der Waals surface area contributed by atoms with Crippen LogP contribution >= 0.6 is 15.9 Å². The van der Waals surface area contributed by atoms with Crippen LogP contribution in [-0.2, 0) is 4.79 Å². The quantitative estimate of drug-likeness (QED) is 0.765. The Balaban J connectivity index is 1.55. The van der Waals surface area contributed by atoms with Gasteiger partial charge in [0.25, 0.3) is 5.91 Å². The molecule has 0 saturated carbocycles. The maximum atomic E-state index is 12.9. The van der Waals surface area contributed by atoms with Crippen LogP contribution in [0.4, 0.5) is 0 Å². The van der Waals surface area contributed by atoms with Gasteiger partial charge in [-0.3, -0.25) is 9.59 Å². The highest BCUT2D eigenvalue weighted by Crippen LogP contribution is 2.33. The Morgan fingerprint density at radius 3 is 2.48 bits per heavy atom. The topological polar surface area (TPSA) is 73.2 Å². The molecule has 0 aliphatic carbocycles. The van der Waals surface area contributed by atoms with Crippen LogP contribution in [0.5, 0.6) is 0 Å². The Labute approximate surface area is 177 Å². The maximum Gasteiger partial charge on any atom is 0.256 e. The van der Waals surface area contributed by atoms with E-state index in [9.17, 15) is 14.7 Å². The van der Waals surface area contributed by atoms with Crippen LogP contribution < -0.4 is 0 Å². The number of carbonyl (C=O) groups excluding carboxylic acids is 2. The molecule has 29 heavy (non-hydrogen) atoms. The molecule has 1 unspecified atom stereocenters. The summed E-state index contributed by atoms with van der Waals surface area (Å²) >= 11 is 3.43. The van der Waals surface area contributed by atoms with Crippen LogP contribution in [0.2, 0.25) is 0 Å². The molecular formula is C22H22BrN3O3. The van der Waals surface area contributed by atoms with Crippen LogP contribution in [0.1, 0.15) is 48.0 Å². The van der Waals surface area contributed by atoms with E-state index in [1.165, 1.54) is 9.91 Å². The van der Waals surface area contributed by atoms with E-state index >= 15 is 0 Å². The Morgan fingerprint density at radius 2 is 1.79 bits per heavy atom. The number of fused-ring (bicyclic) bond motifs is 1. The van der Waals surface area contributed by atoms with Gasteiger partial charge in [-0.2, -0.15) is 5.10 Å². The number of benzene rings is 2. The van der Waals surface area contributed by atoms with Gasteiger partial charge in [0.15, 0.2) is 6.23 Å². The van der Waals surface area contributed by atoms with Crippen molar-refractivity contribution < 1.29 is 14.7 Å². The normalized spacial score (nSPS) is 20.7. The third-order valence-electron chi connectivity index (χ3n) is 5.42. The summed E-state index contributed by atoms with van der Waals surface area (Å²) in [6.45, 7) is 4.23. The van der Waals surface area contributed by atoms with Crippen LogP contribution in [0.25, 0.3) is 0 Å². The van der Waals surface area contributed by atoms with Gasteiger partial charge in [-0.05, 0) is 23.8 Å². The molecule has 0 spiro atoms. The molecule has 1 atom stereocenters. The molecule has 0 saturated heterocycles. The lowest BCUT2D eigenvalue weighted by atomic mass is 9.83. The van der Waals surface area contributed by atoms with Crippen LogP contribution in [-0.4, -0.2) is 45.6 Å². The van der Waals surface area contributed by atoms with Crippen molar-refractivity contribution in [1.82, 2.24) is 9.91 Å². The second-order valence-corrected chi connectivity index (χ2v) is 8.92. The number of aliphatic hydroxyl groups excluding tert-OH is 1. The van der Waals surface area contributed by atoms with Crippen molar-refractivity contribution in [3.05, 3.63) is 69.7 Å². The lowest BCUT2D eigenvalue weighted by Crippen LogP contribution is -2.47. The molecular weight excluding hydrogens is 434 g/mol. The lowest BCUT2D eigenvalue weighted by molar-refractivity contribution is -0.141. The summed E-state index contributed by atoms with van der Waals surface area (Å²) in [5.41, 5.74) is 2.30. The number of carbonyl (C=O) groups is 2. The number of amides is 2. The summed E-state index contributed by atoms with van der Waals surface area (Å²) in [6.07, 6.45) is -0.456. The van der Waals surface area contributed by atoms with Gasteiger partial charge in [0.1, 0.15) is 0 Å². The Hall–Kier alpha value is -2.51. The standard InChI is InChI=1S/C22H22BrN3O3/c1-22(2)13-18(14-7-9-15(23)10-8-14)24-26(21(22)29)12-11-25-19(27)16-5-3-4-6-17(16)20(25)28/h3-10,19,27H,11-13H2,1-2H3. The zero-order valence-corrected chi connectivity index (χ0v) is 17.9. The smallest absolute Gasteiger partial charge is 0.256 e. The van der Waals surface area contributed by atoms with Gasteiger partial charge >= 0.3 is 0 Å². The number of hydrazone groups is 1.